The summed E-state index contributed by atoms with van der Waals surface area (Å²) in [7, 11) is 0. The van der Waals surface area contributed by atoms with Crippen molar-refractivity contribution in [1.29, 1.82) is 0 Å². The molecule has 1 aliphatic rings. The molecule has 2 aromatic heterocycles. The van der Waals surface area contributed by atoms with E-state index in [2.05, 4.69) is 135 Å². The van der Waals surface area contributed by atoms with Gasteiger partial charge in [0.15, 0.2) is 0 Å². The van der Waals surface area contributed by atoms with Crippen LogP contribution in [0, 0.1) is 11.8 Å². The summed E-state index contributed by atoms with van der Waals surface area (Å²) in [6.07, 6.45) is 5.96. The monoisotopic (exact) mass is 536 g/mol. The van der Waals surface area contributed by atoms with Gasteiger partial charge in [0.05, 0.1) is 5.52 Å². The number of hydrogen-bond donors (Lipinski definition) is 1. The van der Waals surface area contributed by atoms with E-state index in [1.165, 1.54) is 72.8 Å². The smallest absolute Gasteiger partial charge is 0.0538 e. The summed E-state index contributed by atoms with van der Waals surface area (Å²) in [4.78, 5) is 3.55. The van der Waals surface area contributed by atoms with Gasteiger partial charge >= 0.3 is 0 Å². The Kier molecular flexibility index (Phi) is 6.38. The van der Waals surface area contributed by atoms with E-state index >= 15 is 0 Å². The Morgan fingerprint density at radius 2 is 1.46 bits per heavy atom. The highest BCUT2D eigenvalue weighted by atomic mass is 15.0. The molecule has 0 spiro atoms. The highest BCUT2D eigenvalue weighted by Crippen LogP contribution is 2.43. The Labute approximate surface area is 243 Å². The third-order valence-corrected chi connectivity index (χ3v) is 8.77. The largest absolute Gasteiger partial charge is 0.355 e. The van der Waals surface area contributed by atoms with Crippen LogP contribution in [0.25, 0.3) is 55.6 Å². The van der Waals surface area contributed by atoms with E-state index in [1.807, 2.05) is 0 Å². The molecule has 1 aliphatic carbocycles. The molecule has 6 aromatic rings. The molecule has 0 saturated heterocycles. The molecule has 7 rings (SSSR count). The number of aromatic amines is 1. The van der Waals surface area contributed by atoms with E-state index in [9.17, 15) is 0 Å². The van der Waals surface area contributed by atoms with Crippen LogP contribution in [0.2, 0.25) is 0 Å². The molecule has 2 nitrogen and oxygen atoms in total. The van der Waals surface area contributed by atoms with Gasteiger partial charge in [-0.1, -0.05) is 88.7 Å². The number of rotatable bonds is 6. The zero-order valence-electron chi connectivity index (χ0n) is 25.0. The van der Waals surface area contributed by atoms with Crippen molar-refractivity contribution < 1.29 is 0 Å². The predicted molar refractivity (Wildman–Crippen MR) is 177 cm³/mol. The van der Waals surface area contributed by atoms with Gasteiger partial charge in [-0.05, 0) is 90.3 Å². The minimum absolute atomic E-state index is 0.480. The number of benzene rings is 4. The fourth-order valence-corrected chi connectivity index (χ4v) is 7.15. The summed E-state index contributed by atoms with van der Waals surface area (Å²) < 4.78 is 2.55. The zero-order valence-corrected chi connectivity index (χ0v) is 25.0. The van der Waals surface area contributed by atoms with Crippen molar-refractivity contribution in [3.8, 4) is 16.8 Å². The lowest BCUT2D eigenvalue weighted by Crippen LogP contribution is -2.10. The van der Waals surface area contributed by atoms with Crippen LogP contribution < -0.4 is 0 Å². The molecule has 0 saturated carbocycles. The number of allylic oxidation sites excluding steroid dienone is 1. The second kappa shape index (κ2) is 10.1. The van der Waals surface area contributed by atoms with E-state index in [4.69, 9.17) is 0 Å². The van der Waals surface area contributed by atoms with Gasteiger partial charge in [-0.25, -0.2) is 0 Å². The maximum Gasteiger partial charge on any atom is 0.0538 e. The quantitative estimate of drug-likeness (QED) is 0.218. The first-order valence-electron chi connectivity index (χ1n) is 15.3. The standard InChI is InChI=1S/C39H40N2/c1-24(2)18-27-10-17-38-34(21-27)35-22-28(19-25(3)4)20-26(5)39(35)41(38)31-14-11-29(12-15-31)30-13-16-37-33(23-30)32-8-6-7-9-36(32)40-37/h6-17,21-26,40H,18-20H2,1-5H3. The SMILES string of the molecule is CC(C)CC1=Cc2c(n(-c3ccc(-c4ccc5[nH]c6ccccc6c5c4)cc3)c3ccc(CC(C)C)cc23)C(C)C1. The van der Waals surface area contributed by atoms with E-state index in [0.29, 0.717) is 17.8 Å². The van der Waals surface area contributed by atoms with Crippen LogP contribution in [0.15, 0.2) is 90.5 Å². The van der Waals surface area contributed by atoms with Crippen molar-refractivity contribution in [2.24, 2.45) is 11.8 Å². The van der Waals surface area contributed by atoms with Gasteiger partial charge in [0.25, 0.3) is 0 Å². The average molecular weight is 537 g/mol. The molecule has 4 aromatic carbocycles. The maximum absolute atomic E-state index is 3.55. The Balaban J connectivity index is 1.34. The topological polar surface area (TPSA) is 20.7 Å². The van der Waals surface area contributed by atoms with Gasteiger partial charge in [0, 0.05) is 50.1 Å². The molecule has 0 amide bonds. The number of aromatic nitrogens is 2. The van der Waals surface area contributed by atoms with E-state index in [0.717, 1.165) is 12.8 Å². The predicted octanol–water partition coefficient (Wildman–Crippen LogP) is 11.1. The van der Waals surface area contributed by atoms with Crippen molar-refractivity contribution in [2.45, 2.75) is 59.8 Å². The van der Waals surface area contributed by atoms with Crippen LogP contribution in [0.3, 0.4) is 0 Å². The summed E-state index contributed by atoms with van der Waals surface area (Å²) in [5.74, 6) is 1.80. The van der Waals surface area contributed by atoms with Crippen LogP contribution >= 0.6 is 0 Å². The number of nitrogens with zero attached hydrogens (tertiary/aromatic N) is 1. The Morgan fingerprint density at radius 3 is 2.24 bits per heavy atom. The van der Waals surface area contributed by atoms with Crippen molar-refractivity contribution in [1.82, 2.24) is 9.55 Å². The van der Waals surface area contributed by atoms with Crippen LogP contribution in [0.1, 0.15) is 70.2 Å². The molecule has 0 fully saturated rings. The lowest BCUT2D eigenvalue weighted by molar-refractivity contribution is 0.596. The maximum atomic E-state index is 3.55. The molecular weight excluding hydrogens is 496 g/mol. The zero-order chi connectivity index (χ0) is 28.2. The number of para-hydroxylation sites is 1. The van der Waals surface area contributed by atoms with Crippen molar-refractivity contribution in [3.63, 3.8) is 0 Å². The summed E-state index contributed by atoms with van der Waals surface area (Å²) >= 11 is 0. The highest BCUT2D eigenvalue weighted by Gasteiger charge is 2.26. The molecule has 1 unspecified atom stereocenters. The van der Waals surface area contributed by atoms with Gasteiger partial charge in [-0.2, -0.15) is 0 Å². The molecule has 2 heteroatoms. The molecule has 0 radical (unpaired) electrons. The molecule has 2 heterocycles. The Bertz CT molecular complexity index is 1920. The van der Waals surface area contributed by atoms with E-state index in [1.54, 1.807) is 5.57 Å². The Hall–Kier alpha value is -4.04. The Morgan fingerprint density at radius 1 is 0.732 bits per heavy atom. The second-order valence-electron chi connectivity index (χ2n) is 13.1. The third kappa shape index (κ3) is 4.60. The fourth-order valence-electron chi connectivity index (χ4n) is 7.15. The van der Waals surface area contributed by atoms with Crippen LogP contribution in [-0.4, -0.2) is 9.55 Å². The van der Waals surface area contributed by atoms with Gasteiger partial charge in [-0.3, -0.25) is 0 Å². The van der Waals surface area contributed by atoms with Gasteiger partial charge in [-0.15, -0.1) is 0 Å². The summed E-state index contributed by atoms with van der Waals surface area (Å²) in [5.41, 5.74) is 13.4. The van der Waals surface area contributed by atoms with Crippen molar-refractivity contribution >= 4 is 38.8 Å². The summed E-state index contributed by atoms with van der Waals surface area (Å²) in [5, 5.41) is 3.96. The first-order valence-corrected chi connectivity index (χ1v) is 15.3. The first kappa shape index (κ1) is 25.9. The van der Waals surface area contributed by atoms with E-state index in [-0.39, 0.29) is 0 Å². The lowest BCUT2D eigenvalue weighted by Gasteiger charge is -2.24. The number of H-pyrrole nitrogens is 1. The highest BCUT2D eigenvalue weighted by molar-refractivity contribution is 6.08. The molecule has 1 atom stereocenters. The van der Waals surface area contributed by atoms with Crippen LogP contribution in [0.5, 0.6) is 0 Å². The van der Waals surface area contributed by atoms with Crippen molar-refractivity contribution in [3.05, 3.63) is 107 Å². The number of fused-ring (bicyclic) bond motifs is 6. The molecule has 0 bridgehead atoms. The molecule has 41 heavy (non-hydrogen) atoms. The van der Waals surface area contributed by atoms with Crippen LogP contribution in [0.4, 0.5) is 0 Å². The molecule has 0 aliphatic heterocycles. The first-order chi connectivity index (χ1) is 19.9. The van der Waals surface area contributed by atoms with E-state index < -0.39 is 0 Å². The summed E-state index contributed by atoms with van der Waals surface area (Å²) in [6.45, 7) is 11.7. The second-order valence-corrected chi connectivity index (χ2v) is 13.1. The average Bonchev–Trinajstić information content (AvgIpc) is 3.48. The number of hydrogen-bond acceptors (Lipinski definition) is 0. The molecular formula is C39H40N2. The summed E-state index contributed by atoms with van der Waals surface area (Å²) in [6, 6.07) is 31.8. The molecule has 206 valence electrons. The minimum atomic E-state index is 0.480. The molecule has 1 N–H and O–H groups in total. The lowest BCUT2D eigenvalue weighted by atomic mass is 9.84. The fraction of sp³-hybridized carbons (Fsp3) is 0.282. The van der Waals surface area contributed by atoms with Crippen molar-refractivity contribution in [2.75, 3.05) is 0 Å². The normalized spacial score (nSPS) is 15.4. The van der Waals surface area contributed by atoms with Crippen LogP contribution in [-0.2, 0) is 6.42 Å². The van der Waals surface area contributed by atoms with Gasteiger partial charge in [0.2, 0.25) is 0 Å². The minimum Gasteiger partial charge on any atom is -0.355 e. The third-order valence-electron chi connectivity index (χ3n) is 8.77. The van der Waals surface area contributed by atoms with Gasteiger partial charge < -0.3 is 9.55 Å². The van der Waals surface area contributed by atoms with Gasteiger partial charge in [0.1, 0.15) is 0 Å². The number of nitrogens with one attached hydrogen (secondary N) is 1.